The van der Waals surface area contributed by atoms with Crippen LogP contribution in [0.25, 0.3) is 5.82 Å². The average molecular weight is 443 g/mol. The predicted molar refractivity (Wildman–Crippen MR) is 96.6 cm³/mol. The number of aliphatic hydroxyl groups is 3. The first-order chi connectivity index (χ1) is 14.7. The highest BCUT2D eigenvalue weighted by Gasteiger charge is 2.44. The molecule has 1 aromatic carbocycles. The fourth-order valence-corrected chi connectivity index (χ4v) is 3.49. The summed E-state index contributed by atoms with van der Waals surface area (Å²) < 4.78 is 46.3. The minimum atomic E-state index is -4.52. The molecule has 1 saturated heterocycles. The molecule has 13 heteroatoms. The number of aromatic nitrogens is 2. The maximum absolute atomic E-state index is 13.2. The fourth-order valence-electron chi connectivity index (χ4n) is 3.49. The number of aliphatic hydroxyl groups excluding tert-OH is 3. The third kappa shape index (κ3) is 3.85. The lowest BCUT2D eigenvalue weighted by Crippen LogP contribution is -2.47. The van der Waals surface area contributed by atoms with Gasteiger partial charge in [0, 0.05) is 0 Å². The Bertz CT molecular complexity index is 1080. The first kappa shape index (κ1) is 21.5. The van der Waals surface area contributed by atoms with E-state index >= 15 is 0 Å². The van der Waals surface area contributed by atoms with E-state index in [2.05, 4.69) is 9.98 Å². The highest BCUT2D eigenvalue weighted by Crippen LogP contribution is 2.32. The van der Waals surface area contributed by atoms with E-state index in [1.807, 2.05) is 0 Å². The highest BCUT2D eigenvalue weighted by molar-refractivity contribution is 5.35. The summed E-state index contributed by atoms with van der Waals surface area (Å²) in [6, 6.07) is 5.04. The van der Waals surface area contributed by atoms with Crippen LogP contribution in [0.2, 0.25) is 0 Å². The van der Waals surface area contributed by atoms with Crippen LogP contribution in [0.5, 0.6) is 0 Å². The van der Waals surface area contributed by atoms with Crippen molar-refractivity contribution in [3.05, 3.63) is 52.6 Å². The standard InChI is InChI=1S/C18H20F3N5O5/c19-18(20,21)10-4-2-1-3-9(10)6-30-26-8-24-16-12(15(26)22)23-7-25(16)17-14(29)13(28)11(5-27)31-17/h1-4,7,11,13-14,17,27-29H,5-6,8,22H2/t11-,13-,14-,17-/m1/s1. The van der Waals surface area contributed by atoms with Gasteiger partial charge in [0.2, 0.25) is 0 Å². The van der Waals surface area contributed by atoms with Gasteiger partial charge in [-0.3, -0.25) is 9.40 Å². The average Bonchev–Trinajstić information content (AvgIpc) is 3.29. The molecule has 2 aromatic rings. The molecule has 5 N–H and O–H groups in total. The molecule has 31 heavy (non-hydrogen) atoms. The first-order valence-corrected chi connectivity index (χ1v) is 9.27. The number of ether oxygens (including phenoxy) is 1. The van der Waals surface area contributed by atoms with Crippen LogP contribution < -0.4 is 16.6 Å². The molecule has 3 heterocycles. The quantitative estimate of drug-likeness (QED) is 0.441. The number of hydrogen-bond acceptors (Lipinski definition) is 9. The van der Waals surface area contributed by atoms with Gasteiger partial charge in [-0.05, 0) is 11.6 Å². The van der Waals surface area contributed by atoms with Gasteiger partial charge in [-0.15, -0.1) is 0 Å². The van der Waals surface area contributed by atoms with Gasteiger partial charge in [-0.25, -0.2) is 15.0 Å². The van der Waals surface area contributed by atoms with Crippen LogP contribution in [0, 0.1) is 0 Å². The molecule has 10 nitrogen and oxygen atoms in total. The molecule has 0 spiro atoms. The van der Waals surface area contributed by atoms with E-state index < -0.39 is 49.5 Å². The molecule has 1 fully saturated rings. The summed E-state index contributed by atoms with van der Waals surface area (Å²) in [5, 5.41) is 30.7. The first-order valence-electron chi connectivity index (χ1n) is 9.27. The van der Waals surface area contributed by atoms with Crippen LogP contribution in [0.1, 0.15) is 17.4 Å². The van der Waals surface area contributed by atoms with E-state index in [1.165, 1.54) is 29.1 Å². The Morgan fingerprint density at radius 2 is 1.97 bits per heavy atom. The lowest BCUT2D eigenvalue weighted by molar-refractivity contribution is -0.145. The van der Waals surface area contributed by atoms with Crippen LogP contribution in [0.3, 0.4) is 0 Å². The van der Waals surface area contributed by atoms with Gasteiger partial charge in [0.25, 0.3) is 0 Å². The number of alkyl halides is 3. The molecular formula is C18H20F3N5O5. The second-order valence-electron chi connectivity index (χ2n) is 7.04. The van der Waals surface area contributed by atoms with Crippen molar-refractivity contribution < 1.29 is 38.1 Å². The molecule has 2 aliphatic rings. The van der Waals surface area contributed by atoms with Gasteiger partial charge in [0.1, 0.15) is 36.9 Å². The molecule has 0 aliphatic carbocycles. The Hall–Kier alpha value is -2.71. The van der Waals surface area contributed by atoms with E-state index in [-0.39, 0.29) is 28.9 Å². The number of rotatable bonds is 5. The maximum Gasteiger partial charge on any atom is 0.416 e. The van der Waals surface area contributed by atoms with Crippen molar-refractivity contribution >= 4 is 5.82 Å². The van der Waals surface area contributed by atoms with E-state index in [4.69, 9.17) is 15.3 Å². The minimum Gasteiger partial charge on any atom is -0.394 e. The number of benzene rings is 1. The normalized spacial score (nSPS) is 26.1. The van der Waals surface area contributed by atoms with Crippen LogP contribution in [-0.2, 0) is 22.4 Å². The molecular weight excluding hydrogens is 423 g/mol. The summed E-state index contributed by atoms with van der Waals surface area (Å²) in [6.45, 7) is -1.03. The van der Waals surface area contributed by atoms with Gasteiger partial charge in [0.05, 0.1) is 18.5 Å². The Kier molecular flexibility index (Phi) is 5.61. The van der Waals surface area contributed by atoms with Crippen molar-refractivity contribution in [2.75, 3.05) is 13.3 Å². The molecule has 168 valence electrons. The van der Waals surface area contributed by atoms with Crippen molar-refractivity contribution in [2.24, 2.45) is 10.7 Å². The molecule has 0 amide bonds. The molecule has 0 bridgehead atoms. The maximum atomic E-state index is 13.2. The molecule has 0 unspecified atom stereocenters. The van der Waals surface area contributed by atoms with E-state index in [1.54, 1.807) is 0 Å². The third-order valence-electron chi connectivity index (χ3n) is 5.12. The van der Waals surface area contributed by atoms with E-state index in [9.17, 15) is 28.5 Å². The summed E-state index contributed by atoms with van der Waals surface area (Å²) >= 11 is 0. The van der Waals surface area contributed by atoms with E-state index in [0.717, 1.165) is 11.1 Å². The van der Waals surface area contributed by atoms with Crippen molar-refractivity contribution in [2.45, 2.75) is 37.3 Å². The summed E-state index contributed by atoms with van der Waals surface area (Å²) in [6.07, 6.45) is -7.88. The van der Waals surface area contributed by atoms with Crippen molar-refractivity contribution in [3.63, 3.8) is 0 Å². The number of nitrogens with two attached hydrogens (primary N) is 1. The SMILES string of the molecule is NC1=c2ncn([C@@H]3O[C@H](CO)[C@@H](O)[C@H]3O)c2=NCN1OCc1ccccc1C(F)(F)F. The largest absolute Gasteiger partial charge is 0.416 e. The number of nitrogens with zero attached hydrogens (tertiary/aromatic N) is 4. The molecule has 4 atom stereocenters. The molecule has 1 aromatic heterocycles. The Morgan fingerprint density at radius 1 is 1.23 bits per heavy atom. The van der Waals surface area contributed by atoms with Gasteiger partial charge in [-0.2, -0.15) is 13.2 Å². The topological polar surface area (TPSA) is 139 Å². The second-order valence-corrected chi connectivity index (χ2v) is 7.04. The van der Waals surface area contributed by atoms with Gasteiger partial charge in [-0.1, -0.05) is 18.2 Å². The molecule has 4 rings (SSSR count). The minimum absolute atomic E-state index is 0.0139. The zero-order chi connectivity index (χ0) is 22.3. The molecule has 0 saturated carbocycles. The van der Waals surface area contributed by atoms with Crippen LogP contribution >= 0.6 is 0 Å². The van der Waals surface area contributed by atoms with Crippen molar-refractivity contribution in [3.8, 4) is 0 Å². The van der Waals surface area contributed by atoms with Gasteiger partial charge < -0.3 is 25.8 Å². The summed E-state index contributed by atoms with van der Waals surface area (Å²) in [7, 11) is 0. The lowest BCUT2D eigenvalue weighted by atomic mass is 10.1. The highest BCUT2D eigenvalue weighted by atomic mass is 19.4. The summed E-state index contributed by atoms with van der Waals surface area (Å²) in [5.74, 6) is 0.0139. The number of imidazole rings is 1. The Morgan fingerprint density at radius 3 is 2.65 bits per heavy atom. The van der Waals surface area contributed by atoms with Gasteiger partial charge >= 0.3 is 6.18 Å². The Labute approximate surface area is 173 Å². The number of halogens is 3. The van der Waals surface area contributed by atoms with Crippen molar-refractivity contribution in [1.29, 1.82) is 0 Å². The third-order valence-corrected chi connectivity index (χ3v) is 5.12. The zero-order valence-electron chi connectivity index (χ0n) is 16.0. The number of fused-ring (bicyclic) bond motifs is 1. The van der Waals surface area contributed by atoms with E-state index in [0.29, 0.717) is 0 Å². The summed E-state index contributed by atoms with van der Waals surface area (Å²) in [4.78, 5) is 13.8. The second kappa shape index (κ2) is 8.09. The zero-order valence-corrected chi connectivity index (χ0v) is 16.0. The fraction of sp³-hybridized carbons (Fsp3) is 0.444. The lowest BCUT2D eigenvalue weighted by Gasteiger charge is -2.24. The van der Waals surface area contributed by atoms with Crippen LogP contribution in [0.15, 0.2) is 35.6 Å². The van der Waals surface area contributed by atoms with Crippen LogP contribution in [-0.4, -0.2) is 61.5 Å². The smallest absolute Gasteiger partial charge is 0.394 e. The monoisotopic (exact) mass is 443 g/mol. The number of hydroxylamine groups is 2. The summed E-state index contributed by atoms with van der Waals surface area (Å²) in [5.41, 5.74) is 5.44. The van der Waals surface area contributed by atoms with Gasteiger partial charge in [0.15, 0.2) is 17.5 Å². The van der Waals surface area contributed by atoms with Crippen LogP contribution in [0.4, 0.5) is 13.2 Å². The molecule has 0 radical (unpaired) electrons. The predicted octanol–water partition coefficient (Wildman–Crippen LogP) is -1.44. The van der Waals surface area contributed by atoms with Crippen molar-refractivity contribution in [1.82, 2.24) is 14.6 Å². The Balaban J connectivity index is 1.56. The molecule has 2 aliphatic heterocycles. The number of hydrogen-bond donors (Lipinski definition) is 4.